The summed E-state index contributed by atoms with van der Waals surface area (Å²) in [5.41, 5.74) is 1.93. The lowest BCUT2D eigenvalue weighted by Crippen LogP contribution is -2.30. The Morgan fingerprint density at radius 3 is 2.44 bits per heavy atom. The molecule has 1 heterocycles. The van der Waals surface area contributed by atoms with Gasteiger partial charge in [-0.2, -0.15) is 0 Å². The molecule has 0 unspecified atom stereocenters. The van der Waals surface area contributed by atoms with Crippen molar-refractivity contribution in [2.75, 3.05) is 14.2 Å². The molecule has 1 fully saturated rings. The first-order chi connectivity index (χ1) is 12.9. The number of imide groups is 1. The largest absolute Gasteiger partial charge is 0.493 e. The molecule has 0 spiro atoms. The minimum atomic E-state index is -0.590. The van der Waals surface area contributed by atoms with E-state index in [0.29, 0.717) is 17.1 Å². The van der Waals surface area contributed by atoms with Gasteiger partial charge in [0.15, 0.2) is 11.5 Å². The average molecular weight is 370 g/mol. The fourth-order valence-corrected chi connectivity index (χ4v) is 2.82. The van der Waals surface area contributed by atoms with E-state index < -0.39 is 17.8 Å². The fourth-order valence-electron chi connectivity index (χ4n) is 2.82. The number of benzene rings is 2. The Kier molecular flexibility index (Phi) is 5.12. The van der Waals surface area contributed by atoms with Crippen LogP contribution in [0.15, 0.2) is 42.1 Å². The van der Waals surface area contributed by atoms with Crippen molar-refractivity contribution in [2.45, 2.75) is 13.5 Å². The molecule has 1 aliphatic rings. The number of methoxy groups -OCH3 is 2. The smallest absolute Gasteiger partial charge is 0.329 e. The molecule has 6 nitrogen and oxygen atoms in total. The summed E-state index contributed by atoms with van der Waals surface area (Å²) in [5, 5.41) is 2.54. The zero-order valence-electron chi connectivity index (χ0n) is 15.2. The third-order valence-electron chi connectivity index (χ3n) is 4.32. The SMILES string of the molecule is COc1cc(C)c(/C=C2\NC(=O)N(Cc3ccccc3F)C2=O)cc1OC. The van der Waals surface area contributed by atoms with Crippen LogP contribution in [0.3, 0.4) is 0 Å². The van der Waals surface area contributed by atoms with Crippen LogP contribution in [0.1, 0.15) is 16.7 Å². The molecule has 0 aliphatic carbocycles. The average Bonchev–Trinajstić information content (AvgIpc) is 2.92. The molecule has 1 aliphatic heterocycles. The Morgan fingerprint density at radius 1 is 1.11 bits per heavy atom. The molecular formula is C20H19FN2O4. The highest BCUT2D eigenvalue weighted by Gasteiger charge is 2.34. The highest BCUT2D eigenvalue weighted by molar-refractivity contribution is 6.14. The maximum atomic E-state index is 13.8. The van der Waals surface area contributed by atoms with Crippen LogP contribution in [0.25, 0.3) is 6.08 Å². The molecule has 0 aromatic heterocycles. The summed E-state index contributed by atoms with van der Waals surface area (Å²) < 4.78 is 24.4. The normalized spacial score (nSPS) is 15.3. The van der Waals surface area contributed by atoms with Gasteiger partial charge in [0.25, 0.3) is 5.91 Å². The molecule has 140 valence electrons. The Balaban J connectivity index is 1.90. The van der Waals surface area contributed by atoms with E-state index in [2.05, 4.69) is 5.32 Å². The highest BCUT2D eigenvalue weighted by Crippen LogP contribution is 2.31. The first-order valence-corrected chi connectivity index (χ1v) is 8.25. The van der Waals surface area contributed by atoms with E-state index in [1.807, 2.05) is 6.92 Å². The second kappa shape index (κ2) is 7.49. The van der Waals surface area contributed by atoms with E-state index in [-0.39, 0.29) is 17.8 Å². The first-order valence-electron chi connectivity index (χ1n) is 8.25. The fraction of sp³-hybridized carbons (Fsp3) is 0.200. The van der Waals surface area contributed by atoms with Gasteiger partial charge in [-0.3, -0.25) is 9.69 Å². The lowest BCUT2D eigenvalue weighted by Gasteiger charge is -2.12. The van der Waals surface area contributed by atoms with Crippen molar-refractivity contribution in [1.82, 2.24) is 10.2 Å². The number of ether oxygens (including phenoxy) is 2. The Morgan fingerprint density at radius 2 is 1.78 bits per heavy atom. The van der Waals surface area contributed by atoms with Gasteiger partial charge in [-0.15, -0.1) is 0 Å². The molecule has 3 rings (SSSR count). The number of nitrogens with one attached hydrogen (secondary N) is 1. The number of nitrogens with zero attached hydrogens (tertiary/aromatic N) is 1. The highest BCUT2D eigenvalue weighted by atomic mass is 19.1. The summed E-state index contributed by atoms with van der Waals surface area (Å²) in [6, 6.07) is 8.95. The van der Waals surface area contributed by atoms with E-state index in [1.54, 1.807) is 30.3 Å². The van der Waals surface area contributed by atoms with Crippen LogP contribution >= 0.6 is 0 Å². The lowest BCUT2D eigenvalue weighted by molar-refractivity contribution is -0.123. The molecule has 0 radical (unpaired) electrons. The summed E-state index contributed by atoms with van der Waals surface area (Å²) in [6.07, 6.45) is 1.57. The predicted molar refractivity (Wildman–Crippen MR) is 97.7 cm³/mol. The number of rotatable bonds is 5. The third-order valence-corrected chi connectivity index (χ3v) is 4.32. The van der Waals surface area contributed by atoms with Gasteiger partial charge in [0.2, 0.25) is 0 Å². The van der Waals surface area contributed by atoms with E-state index in [9.17, 15) is 14.0 Å². The Labute approximate surface area is 156 Å². The quantitative estimate of drug-likeness (QED) is 0.648. The monoisotopic (exact) mass is 370 g/mol. The molecule has 2 aromatic carbocycles. The maximum Gasteiger partial charge on any atom is 0.329 e. The van der Waals surface area contributed by atoms with Crippen molar-refractivity contribution in [3.05, 3.63) is 64.6 Å². The second-order valence-corrected chi connectivity index (χ2v) is 6.03. The second-order valence-electron chi connectivity index (χ2n) is 6.03. The molecule has 27 heavy (non-hydrogen) atoms. The number of carbonyl (C=O) groups excluding carboxylic acids is 2. The summed E-state index contributed by atoms with van der Waals surface area (Å²) in [5.74, 6) is 0.0961. The van der Waals surface area contributed by atoms with Gasteiger partial charge in [0.1, 0.15) is 11.5 Å². The molecule has 0 saturated carbocycles. The number of urea groups is 1. The molecule has 1 N–H and O–H groups in total. The summed E-state index contributed by atoms with van der Waals surface area (Å²) in [7, 11) is 3.06. The number of aryl methyl sites for hydroxylation is 1. The molecule has 3 amide bonds. The van der Waals surface area contributed by atoms with Gasteiger partial charge in [-0.05, 0) is 42.3 Å². The minimum absolute atomic E-state index is 0.117. The third kappa shape index (κ3) is 3.62. The van der Waals surface area contributed by atoms with Crippen LogP contribution in [0.4, 0.5) is 9.18 Å². The van der Waals surface area contributed by atoms with Crippen LogP contribution in [0, 0.1) is 12.7 Å². The van der Waals surface area contributed by atoms with Gasteiger partial charge < -0.3 is 14.8 Å². The van der Waals surface area contributed by atoms with Crippen LogP contribution < -0.4 is 14.8 Å². The summed E-state index contributed by atoms with van der Waals surface area (Å²) in [4.78, 5) is 25.8. The molecule has 7 heteroatoms. The van der Waals surface area contributed by atoms with Crippen LogP contribution in [0.5, 0.6) is 11.5 Å². The number of carbonyl (C=O) groups is 2. The van der Waals surface area contributed by atoms with E-state index in [0.717, 1.165) is 10.5 Å². The predicted octanol–water partition coefficient (Wildman–Crippen LogP) is 3.24. The van der Waals surface area contributed by atoms with Crippen LogP contribution in [0.2, 0.25) is 0 Å². The summed E-state index contributed by atoms with van der Waals surface area (Å²) >= 11 is 0. The van der Waals surface area contributed by atoms with Gasteiger partial charge >= 0.3 is 6.03 Å². The van der Waals surface area contributed by atoms with Crippen molar-refractivity contribution in [3.63, 3.8) is 0 Å². The van der Waals surface area contributed by atoms with Gasteiger partial charge in [0.05, 0.1) is 20.8 Å². The zero-order valence-corrected chi connectivity index (χ0v) is 15.2. The minimum Gasteiger partial charge on any atom is -0.493 e. The lowest BCUT2D eigenvalue weighted by atomic mass is 10.1. The molecular weight excluding hydrogens is 351 g/mol. The number of hydrogen-bond donors (Lipinski definition) is 1. The molecule has 2 aromatic rings. The topological polar surface area (TPSA) is 67.9 Å². The zero-order chi connectivity index (χ0) is 19.6. The number of hydrogen-bond acceptors (Lipinski definition) is 4. The van der Waals surface area contributed by atoms with Crippen molar-refractivity contribution >= 4 is 18.0 Å². The van der Waals surface area contributed by atoms with E-state index in [4.69, 9.17) is 9.47 Å². The van der Waals surface area contributed by atoms with Crippen molar-refractivity contribution < 1.29 is 23.5 Å². The Bertz CT molecular complexity index is 940. The molecule has 0 atom stereocenters. The number of halogens is 1. The molecule has 1 saturated heterocycles. The van der Waals surface area contributed by atoms with Crippen molar-refractivity contribution in [1.29, 1.82) is 0 Å². The first kappa shape index (κ1) is 18.4. The van der Waals surface area contributed by atoms with Gasteiger partial charge in [-0.25, -0.2) is 9.18 Å². The van der Waals surface area contributed by atoms with Crippen molar-refractivity contribution in [3.8, 4) is 11.5 Å². The standard InChI is InChI=1S/C20H19FN2O4/c1-12-8-17(26-2)18(27-3)10-14(12)9-16-19(24)23(20(25)22-16)11-13-6-4-5-7-15(13)21/h4-10H,11H2,1-3H3,(H,22,25)/b16-9-. The van der Waals surface area contributed by atoms with Gasteiger partial charge in [0, 0.05) is 5.56 Å². The van der Waals surface area contributed by atoms with Crippen LogP contribution in [-0.4, -0.2) is 31.1 Å². The molecule has 0 bridgehead atoms. The van der Waals surface area contributed by atoms with E-state index >= 15 is 0 Å². The maximum absolute atomic E-state index is 13.8. The van der Waals surface area contributed by atoms with Crippen LogP contribution in [-0.2, 0) is 11.3 Å². The van der Waals surface area contributed by atoms with Crippen molar-refractivity contribution in [2.24, 2.45) is 0 Å². The van der Waals surface area contributed by atoms with E-state index in [1.165, 1.54) is 26.4 Å². The Hall–Kier alpha value is -3.35. The number of amides is 3. The summed E-state index contributed by atoms with van der Waals surface area (Å²) in [6.45, 7) is 1.71. The van der Waals surface area contributed by atoms with Gasteiger partial charge in [-0.1, -0.05) is 18.2 Å².